The number of thiophene rings is 1. The van der Waals surface area contributed by atoms with Gasteiger partial charge in [0.05, 0.1) is 17.8 Å². The van der Waals surface area contributed by atoms with Gasteiger partial charge in [-0.05, 0) is 65.2 Å². The van der Waals surface area contributed by atoms with Crippen molar-refractivity contribution in [3.05, 3.63) is 92.4 Å². The zero-order chi connectivity index (χ0) is 19.3. The second-order valence-corrected chi connectivity index (χ2v) is 8.25. The third-order valence-corrected chi connectivity index (χ3v) is 5.83. The molecule has 138 valence electrons. The summed E-state index contributed by atoms with van der Waals surface area (Å²) in [6.45, 7) is 8.90. The highest BCUT2D eigenvalue weighted by Gasteiger charge is 2.10. The SMILES string of the molecule is [C-]#[N+]c1ccc2cc(CNCCc3ccc(Br)cc3)c(-c3ccsc3)nc2c1. The molecule has 0 atom stereocenters. The first-order valence-electron chi connectivity index (χ1n) is 9.02. The molecule has 0 aliphatic carbocycles. The van der Waals surface area contributed by atoms with Crippen LogP contribution in [0.15, 0.2) is 69.8 Å². The van der Waals surface area contributed by atoms with Gasteiger partial charge >= 0.3 is 0 Å². The maximum Gasteiger partial charge on any atom is 0.189 e. The van der Waals surface area contributed by atoms with E-state index in [9.17, 15) is 0 Å². The van der Waals surface area contributed by atoms with Crippen molar-refractivity contribution in [3.8, 4) is 11.3 Å². The summed E-state index contributed by atoms with van der Waals surface area (Å²) in [6.07, 6.45) is 0.983. The Labute approximate surface area is 177 Å². The minimum absolute atomic E-state index is 0.622. The van der Waals surface area contributed by atoms with E-state index in [2.05, 4.69) is 73.3 Å². The number of halogens is 1. The Morgan fingerprint density at radius 2 is 1.93 bits per heavy atom. The molecular formula is C23H18BrN3S. The van der Waals surface area contributed by atoms with Crippen molar-refractivity contribution in [1.29, 1.82) is 0 Å². The highest BCUT2D eigenvalue weighted by atomic mass is 79.9. The number of hydrogen-bond donors (Lipinski definition) is 1. The van der Waals surface area contributed by atoms with Gasteiger partial charge < -0.3 is 5.32 Å². The molecule has 0 aliphatic rings. The van der Waals surface area contributed by atoms with Gasteiger partial charge in [-0.3, -0.25) is 0 Å². The minimum atomic E-state index is 0.622. The number of nitrogens with one attached hydrogen (secondary N) is 1. The van der Waals surface area contributed by atoms with Crippen LogP contribution in [0, 0.1) is 6.57 Å². The lowest BCUT2D eigenvalue weighted by Gasteiger charge is -2.12. The molecule has 2 aromatic carbocycles. The van der Waals surface area contributed by atoms with Crippen molar-refractivity contribution in [3.63, 3.8) is 0 Å². The van der Waals surface area contributed by atoms with Crippen molar-refractivity contribution >= 4 is 43.9 Å². The van der Waals surface area contributed by atoms with Gasteiger partial charge in [-0.25, -0.2) is 9.83 Å². The Morgan fingerprint density at radius 1 is 1.07 bits per heavy atom. The van der Waals surface area contributed by atoms with E-state index in [4.69, 9.17) is 11.6 Å². The monoisotopic (exact) mass is 447 g/mol. The van der Waals surface area contributed by atoms with Crippen molar-refractivity contribution in [2.75, 3.05) is 6.54 Å². The Balaban J connectivity index is 1.55. The van der Waals surface area contributed by atoms with E-state index < -0.39 is 0 Å². The molecule has 1 N–H and O–H groups in total. The molecule has 28 heavy (non-hydrogen) atoms. The Hall–Kier alpha value is -2.52. The summed E-state index contributed by atoms with van der Waals surface area (Å²) in [6, 6.07) is 18.4. The summed E-state index contributed by atoms with van der Waals surface area (Å²) in [5.41, 5.74) is 6.11. The van der Waals surface area contributed by atoms with Gasteiger partial charge in [0.1, 0.15) is 0 Å². The molecule has 2 aromatic heterocycles. The van der Waals surface area contributed by atoms with Crippen LogP contribution in [-0.4, -0.2) is 11.5 Å². The average Bonchev–Trinajstić information content (AvgIpc) is 3.26. The number of aromatic nitrogens is 1. The highest BCUT2D eigenvalue weighted by molar-refractivity contribution is 9.10. The van der Waals surface area contributed by atoms with Crippen LogP contribution in [0.3, 0.4) is 0 Å². The number of rotatable bonds is 6. The summed E-state index contributed by atoms with van der Waals surface area (Å²) in [5, 5.41) is 8.82. The fourth-order valence-corrected chi connectivity index (χ4v) is 4.06. The first-order chi connectivity index (χ1) is 13.7. The Morgan fingerprint density at radius 3 is 2.68 bits per heavy atom. The largest absolute Gasteiger partial charge is 0.312 e. The summed E-state index contributed by atoms with van der Waals surface area (Å²) in [7, 11) is 0. The second kappa shape index (κ2) is 8.66. The molecule has 4 rings (SSSR count). The Kier molecular flexibility index (Phi) is 5.82. The van der Waals surface area contributed by atoms with Crippen LogP contribution in [0.25, 0.3) is 27.0 Å². The molecule has 0 spiro atoms. The molecule has 0 amide bonds. The van der Waals surface area contributed by atoms with Crippen molar-refractivity contribution in [2.45, 2.75) is 13.0 Å². The molecule has 0 saturated heterocycles. The smallest absolute Gasteiger partial charge is 0.189 e. The molecule has 0 saturated carbocycles. The predicted molar refractivity (Wildman–Crippen MR) is 121 cm³/mol. The summed E-state index contributed by atoms with van der Waals surface area (Å²) >= 11 is 5.15. The quantitative estimate of drug-likeness (QED) is 0.266. The lowest BCUT2D eigenvalue weighted by atomic mass is 10.0. The molecule has 3 nitrogen and oxygen atoms in total. The molecule has 5 heteroatoms. The van der Waals surface area contributed by atoms with E-state index in [0.29, 0.717) is 5.69 Å². The number of pyridine rings is 1. The van der Waals surface area contributed by atoms with Crippen LogP contribution in [-0.2, 0) is 13.0 Å². The molecule has 4 aromatic rings. The van der Waals surface area contributed by atoms with Gasteiger partial charge in [-0.1, -0.05) is 40.2 Å². The van der Waals surface area contributed by atoms with Crippen molar-refractivity contribution in [2.24, 2.45) is 0 Å². The topological polar surface area (TPSA) is 29.3 Å². The normalized spacial score (nSPS) is 10.9. The fourth-order valence-electron chi connectivity index (χ4n) is 3.16. The minimum Gasteiger partial charge on any atom is -0.312 e. The summed E-state index contributed by atoms with van der Waals surface area (Å²) in [5.74, 6) is 0. The molecule has 2 heterocycles. The maximum absolute atomic E-state index is 7.24. The first kappa shape index (κ1) is 18.8. The predicted octanol–water partition coefficient (Wildman–Crippen LogP) is 6.61. The van der Waals surface area contributed by atoms with E-state index in [1.807, 2.05) is 18.2 Å². The van der Waals surface area contributed by atoms with Crippen molar-refractivity contribution < 1.29 is 0 Å². The standard InChI is InChI=1S/C23H18BrN3S/c1-25-21-7-4-17-12-19(14-26-10-8-16-2-5-20(24)6-3-16)23(27-22(17)13-21)18-9-11-28-15-18/h2-7,9,11-13,15,26H,8,10,14H2. The fraction of sp³-hybridized carbons (Fsp3) is 0.130. The molecule has 0 unspecified atom stereocenters. The van der Waals surface area contributed by atoms with Gasteiger partial charge in [-0.15, -0.1) is 0 Å². The van der Waals surface area contributed by atoms with Crippen LogP contribution in [0.1, 0.15) is 11.1 Å². The second-order valence-electron chi connectivity index (χ2n) is 6.55. The van der Waals surface area contributed by atoms with Gasteiger partial charge in [0.2, 0.25) is 0 Å². The zero-order valence-electron chi connectivity index (χ0n) is 15.2. The Bertz CT molecular complexity index is 1130. The van der Waals surface area contributed by atoms with Crippen LogP contribution >= 0.6 is 27.3 Å². The van der Waals surface area contributed by atoms with E-state index in [0.717, 1.165) is 46.1 Å². The van der Waals surface area contributed by atoms with Gasteiger partial charge in [0.25, 0.3) is 0 Å². The van der Waals surface area contributed by atoms with E-state index in [-0.39, 0.29) is 0 Å². The first-order valence-corrected chi connectivity index (χ1v) is 10.8. The van der Waals surface area contributed by atoms with Gasteiger partial charge in [-0.2, -0.15) is 11.3 Å². The van der Waals surface area contributed by atoms with Crippen LogP contribution < -0.4 is 5.32 Å². The third-order valence-electron chi connectivity index (χ3n) is 4.62. The zero-order valence-corrected chi connectivity index (χ0v) is 17.6. The molecule has 0 fully saturated rings. The molecule has 0 aliphatic heterocycles. The van der Waals surface area contributed by atoms with E-state index in [1.165, 1.54) is 11.1 Å². The molecular weight excluding hydrogens is 430 g/mol. The van der Waals surface area contributed by atoms with Gasteiger partial charge in [0, 0.05) is 22.0 Å². The number of hydrogen-bond acceptors (Lipinski definition) is 3. The summed E-state index contributed by atoms with van der Waals surface area (Å²) in [4.78, 5) is 8.42. The molecule has 0 bridgehead atoms. The van der Waals surface area contributed by atoms with Gasteiger partial charge in [0.15, 0.2) is 5.69 Å². The number of benzene rings is 2. The molecule has 0 radical (unpaired) electrons. The number of nitrogens with zero attached hydrogens (tertiary/aromatic N) is 2. The third kappa shape index (κ3) is 4.31. The lowest BCUT2D eigenvalue weighted by Crippen LogP contribution is -2.17. The van der Waals surface area contributed by atoms with E-state index in [1.54, 1.807) is 11.3 Å². The average molecular weight is 448 g/mol. The van der Waals surface area contributed by atoms with E-state index >= 15 is 0 Å². The number of fused-ring (bicyclic) bond motifs is 1. The lowest BCUT2D eigenvalue weighted by molar-refractivity contribution is 0.687. The van der Waals surface area contributed by atoms with Crippen LogP contribution in [0.4, 0.5) is 5.69 Å². The van der Waals surface area contributed by atoms with Crippen LogP contribution in [0.5, 0.6) is 0 Å². The summed E-state index contributed by atoms with van der Waals surface area (Å²) < 4.78 is 1.10. The van der Waals surface area contributed by atoms with Crippen LogP contribution in [0.2, 0.25) is 0 Å². The highest BCUT2D eigenvalue weighted by Crippen LogP contribution is 2.29. The van der Waals surface area contributed by atoms with Crippen molar-refractivity contribution in [1.82, 2.24) is 10.3 Å². The maximum atomic E-state index is 7.24.